The minimum absolute atomic E-state index is 0.0823. The summed E-state index contributed by atoms with van der Waals surface area (Å²) in [5.74, 6) is -0.889. The summed E-state index contributed by atoms with van der Waals surface area (Å²) in [6.07, 6.45) is 94.0. The van der Waals surface area contributed by atoms with E-state index in [2.05, 4.69) is 130 Å². The van der Waals surface area contributed by atoms with E-state index >= 15 is 0 Å². The topological polar surface area (TPSA) is 78.9 Å². The summed E-state index contributed by atoms with van der Waals surface area (Å²) in [7, 11) is 0. The van der Waals surface area contributed by atoms with Crippen LogP contribution in [0.4, 0.5) is 0 Å². The molecule has 0 N–H and O–H groups in total. The molecule has 0 aromatic carbocycles. The Morgan fingerprint density at radius 2 is 0.481 bits per heavy atom. The normalized spacial score (nSPS) is 12.8. The van der Waals surface area contributed by atoms with Gasteiger partial charge in [-0.2, -0.15) is 0 Å². The van der Waals surface area contributed by atoms with E-state index in [0.29, 0.717) is 19.3 Å². The van der Waals surface area contributed by atoms with E-state index in [1.54, 1.807) is 0 Å². The molecule has 0 rings (SSSR count). The van der Waals surface area contributed by atoms with E-state index in [1.807, 2.05) is 0 Å². The van der Waals surface area contributed by atoms with Crippen LogP contribution in [0.2, 0.25) is 0 Å². The van der Waals surface area contributed by atoms with E-state index < -0.39 is 6.10 Å². The first-order chi connectivity index (χ1) is 40.0. The Bertz CT molecular complexity index is 1620. The maximum absolute atomic E-state index is 12.9. The molecule has 0 heterocycles. The van der Waals surface area contributed by atoms with Gasteiger partial charge in [-0.1, -0.05) is 297 Å². The highest BCUT2D eigenvalue weighted by Crippen LogP contribution is 2.17. The monoisotopic (exact) mass is 1120 g/mol. The summed E-state index contributed by atoms with van der Waals surface area (Å²) in [6, 6.07) is 0. The molecule has 6 nitrogen and oxygen atoms in total. The van der Waals surface area contributed by atoms with Crippen LogP contribution in [0, 0.1) is 0 Å². The zero-order chi connectivity index (χ0) is 58.5. The van der Waals surface area contributed by atoms with Crippen molar-refractivity contribution in [1.29, 1.82) is 0 Å². The lowest BCUT2D eigenvalue weighted by atomic mass is 10.0. The number of hydrogen-bond donors (Lipinski definition) is 0. The zero-order valence-corrected chi connectivity index (χ0v) is 53.3. The van der Waals surface area contributed by atoms with Crippen molar-refractivity contribution in [3.63, 3.8) is 0 Å². The van der Waals surface area contributed by atoms with Crippen LogP contribution in [0.5, 0.6) is 0 Å². The number of unbranched alkanes of at least 4 members (excludes halogenated alkanes) is 33. The lowest BCUT2D eigenvalue weighted by Gasteiger charge is -2.18. The number of ether oxygens (including phenoxy) is 3. The molecule has 0 aromatic heterocycles. The van der Waals surface area contributed by atoms with Crippen molar-refractivity contribution in [1.82, 2.24) is 0 Å². The van der Waals surface area contributed by atoms with Crippen molar-refractivity contribution in [2.24, 2.45) is 0 Å². The van der Waals surface area contributed by atoms with Gasteiger partial charge in [0.05, 0.1) is 0 Å². The van der Waals surface area contributed by atoms with Crippen molar-refractivity contribution in [3.05, 3.63) is 109 Å². The molecule has 0 fully saturated rings. The molecule has 0 aliphatic rings. The largest absolute Gasteiger partial charge is 0.462 e. The summed E-state index contributed by atoms with van der Waals surface area (Å²) < 4.78 is 16.9. The zero-order valence-electron chi connectivity index (χ0n) is 53.3. The van der Waals surface area contributed by atoms with Gasteiger partial charge in [-0.3, -0.25) is 14.4 Å². The predicted molar refractivity (Wildman–Crippen MR) is 353 cm³/mol. The minimum atomic E-state index is -0.787. The van der Waals surface area contributed by atoms with Crippen LogP contribution in [-0.2, 0) is 28.6 Å². The van der Waals surface area contributed by atoms with Crippen LogP contribution in [0.15, 0.2) is 109 Å². The Labute approximate surface area is 501 Å². The third kappa shape index (κ3) is 66.8. The van der Waals surface area contributed by atoms with Gasteiger partial charge in [0.1, 0.15) is 13.2 Å². The number of carbonyl (C=O) groups excluding carboxylic acids is 3. The molecule has 0 aromatic rings. The lowest BCUT2D eigenvalue weighted by molar-refractivity contribution is -0.167. The molecule has 0 spiro atoms. The van der Waals surface area contributed by atoms with Crippen LogP contribution in [0.25, 0.3) is 0 Å². The molecule has 0 radical (unpaired) electrons. The number of carbonyl (C=O) groups is 3. The number of rotatable bonds is 62. The van der Waals surface area contributed by atoms with Crippen LogP contribution >= 0.6 is 0 Å². The number of esters is 3. The summed E-state index contributed by atoms with van der Waals surface area (Å²) in [5.41, 5.74) is 0. The Morgan fingerprint density at radius 1 is 0.259 bits per heavy atom. The van der Waals surface area contributed by atoms with Gasteiger partial charge in [0, 0.05) is 19.3 Å². The fourth-order valence-electron chi connectivity index (χ4n) is 9.66. The van der Waals surface area contributed by atoms with Gasteiger partial charge in [-0.15, -0.1) is 0 Å². The molecule has 1 unspecified atom stereocenters. The first kappa shape index (κ1) is 77.1. The quantitative estimate of drug-likeness (QED) is 0.0261. The van der Waals surface area contributed by atoms with Crippen molar-refractivity contribution < 1.29 is 28.6 Å². The van der Waals surface area contributed by atoms with E-state index in [9.17, 15) is 14.4 Å². The van der Waals surface area contributed by atoms with Gasteiger partial charge in [0.15, 0.2) is 6.10 Å². The van der Waals surface area contributed by atoms with Gasteiger partial charge in [-0.25, -0.2) is 0 Å². The molecule has 0 amide bonds. The molecule has 0 saturated heterocycles. The van der Waals surface area contributed by atoms with Crippen LogP contribution in [-0.4, -0.2) is 37.2 Å². The van der Waals surface area contributed by atoms with Gasteiger partial charge in [0.25, 0.3) is 0 Å². The first-order valence-electron chi connectivity index (χ1n) is 34.4. The smallest absolute Gasteiger partial charge is 0.306 e. The highest BCUT2D eigenvalue weighted by Gasteiger charge is 2.19. The second-order valence-corrected chi connectivity index (χ2v) is 22.7. The van der Waals surface area contributed by atoms with E-state index in [1.165, 1.54) is 167 Å². The Morgan fingerprint density at radius 3 is 0.765 bits per heavy atom. The summed E-state index contributed by atoms with van der Waals surface area (Å²) in [6.45, 7) is 6.41. The van der Waals surface area contributed by atoms with Gasteiger partial charge >= 0.3 is 17.9 Å². The average Bonchev–Trinajstić information content (AvgIpc) is 3.46. The predicted octanol–water partition coefficient (Wildman–Crippen LogP) is 23.8. The SMILES string of the molecule is CC/C=C\C/C=C\C/C=C\C/C=C\C/C=C\CCCCCCCCCCCCCCCCCCCC(=O)OCC(COC(=O)CCCCCCC/C=C\CCCCCC)OC(=O)CCCCCCCCC/C=C\C/C=C\C/C=C\CC. The van der Waals surface area contributed by atoms with Gasteiger partial charge < -0.3 is 14.2 Å². The number of hydrogen-bond acceptors (Lipinski definition) is 6. The van der Waals surface area contributed by atoms with Crippen LogP contribution in [0.3, 0.4) is 0 Å². The summed E-state index contributed by atoms with van der Waals surface area (Å²) in [5, 5.41) is 0. The lowest BCUT2D eigenvalue weighted by Crippen LogP contribution is -2.30. The third-order valence-corrected chi connectivity index (χ3v) is 14.7. The maximum Gasteiger partial charge on any atom is 0.306 e. The van der Waals surface area contributed by atoms with E-state index in [-0.39, 0.29) is 31.1 Å². The molecule has 0 bridgehead atoms. The molecule has 464 valence electrons. The van der Waals surface area contributed by atoms with Gasteiger partial charge in [-0.05, 0) is 122 Å². The molecule has 0 aliphatic heterocycles. The average molecular weight is 1130 g/mol. The Balaban J connectivity index is 4.18. The van der Waals surface area contributed by atoms with Crippen molar-refractivity contribution in [2.75, 3.05) is 13.2 Å². The standard InChI is InChI=1S/C75H128O6/c1-4-7-10-13-16-19-22-25-27-29-30-31-32-33-34-35-36-37-38-39-40-41-42-43-44-46-47-50-53-56-59-62-65-68-74(77)80-71-72(70-79-73(76)67-64-61-58-55-52-49-24-21-18-15-12-9-6-3)81-75(78)69-66-63-60-57-54-51-48-45-28-26-23-20-17-14-11-8-5-2/h7-8,10-11,16-17,19-21,24-28,30-31,33-34,72H,4-6,9,12-15,18,22-23,29,32,35-71H2,1-3H3/b10-7-,11-8-,19-16-,20-17-,24-21-,27-25-,28-26-,31-30-,34-33-. The fourth-order valence-corrected chi connectivity index (χ4v) is 9.66. The number of allylic oxidation sites excluding steroid dienone is 18. The third-order valence-electron chi connectivity index (χ3n) is 14.7. The van der Waals surface area contributed by atoms with Crippen LogP contribution in [0.1, 0.15) is 329 Å². The summed E-state index contributed by atoms with van der Waals surface area (Å²) >= 11 is 0. The Kier molecular flexibility index (Phi) is 65.2. The second-order valence-electron chi connectivity index (χ2n) is 22.7. The van der Waals surface area contributed by atoms with Crippen LogP contribution < -0.4 is 0 Å². The second kappa shape index (κ2) is 68.6. The maximum atomic E-state index is 12.9. The van der Waals surface area contributed by atoms with Crippen molar-refractivity contribution in [3.8, 4) is 0 Å². The molecular formula is C75H128O6. The first-order valence-corrected chi connectivity index (χ1v) is 34.4. The molecule has 0 saturated carbocycles. The van der Waals surface area contributed by atoms with E-state index in [4.69, 9.17) is 14.2 Å². The molecule has 6 heteroatoms. The highest BCUT2D eigenvalue weighted by molar-refractivity contribution is 5.71. The summed E-state index contributed by atoms with van der Waals surface area (Å²) in [4.78, 5) is 38.3. The molecular weight excluding hydrogens is 997 g/mol. The van der Waals surface area contributed by atoms with Crippen molar-refractivity contribution in [2.45, 2.75) is 335 Å². The minimum Gasteiger partial charge on any atom is -0.462 e. The van der Waals surface area contributed by atoms with Crippen molar-refractivity contribution >= 4 is 17.9 Å². The molecule has 1 atom stereocenters. The molecule has 81 heavy (non-hydrogen) atoms. The highest BCUT2D eigenvalue weighted by atomic mass is 16.6. The van der Waals surface area contributed by atoms with E-state index in [0.717, 1.165) is 122 Å². The fraction of sp³-hybridized carbons (Fsp3) is 0.720. The Hall–Kier alpha value is -3.93. The van der Waals surface area contributed by atoms with Gasteiger partial charge in [0.2, 0.25) is 0 Å². The molecule has 0 aliphatic carbocycles.